The molecule has 0 aromatic carbocycles. The monoisotopic (exact) mass is 271 g/mol. The number of nitrogens with zero attached hydrogens (tertiary/aromatic N) is 1. The maximum atomic E-state index is 11.5. The zero-order valence-electron chi connectivity index (χ0n) is 10.4. The Bertz CT molecular complexity index is 412. The molecule has 0 fully saturated rings. The van der Waals surface area contributed by atoms with Gasteiger partial charge in [-0.2, -0.15) is 0 Å². The van der Waals surface area contributed by atoms with E-state index < -0.39 is 5.97 Å². The van der Waals surface area contributed by atoms with Gasteiger partial charge in [0.2, 0.25) is 0 Å². The Hall–Kier alpha value is -1.63. The van der Waals surface area contributed by atoms with Crippen molar-refractivity contribution in [2.24, 2.45) is 0 Å². The van der Waals surface area contributed by atoms with Gasteiger partial charge in [0.15, 0.2) is 5.13 Å². The van der Waals surface area contributed by atoms with Gasteiger partial charge in [-0.25, -0.2) is 9.78 Å². The van der Waals surface area contributed by atoms with Gasteiger partial charge in [-0.1, -0.05) is 0 Å². The molecule has 1 rings (SSSR count). The second-order valence-corrected chi connectivity index (χ2v) is 5.10. The number of anilines is 1. The SMILES string of the molecule is Cc1nc(NC(=O)NCCCCC(=O)O)sc1C. The van der Waals surface area contributed by atoms with Gasteiger partial charge in [0.1, 0.15) is 0 Å². The van der Waals surface area contributed by atoms with E-state index in [0.29, 0.717) is 24.5 Å². The van der Waals surface area contributed by atoms with Gasteiger partial charge in [-0.05, 0) is 26.7 Å². The van der Waals surface area contributed by atoms with Crippen LogP contribution < -0.4 is 10.6 Å². The molecule has 0 unspecified atom stereocenters. The zero-order valence-corrected chi connectivity index (χ0v) is 11.3. The molecule has 0 saturated carbocycles. The number of nitrogens with one attached hydrogen (secondary N) is 2. The number of urea groups is 1. The Labute approximate surface area is 109 Å². The maximum Gasteiger partial charge on any atom is 0.321 e. The predicted octanol–water partition coefficient (Wildman–Crippen LogP) is 2.14. The maximum absolute atomic E-state index is 11.5. The lowest BCUT2D eigenvalue weighted by atomic mass is 10.2. The second-order valence-electron chi connectivity index (χ2n) is 3.89. The lowest BCUT2D eigenvalue weighted by Crippen LogP contribution is -2.29. The number of hydrogen-bond acceptors (Lipinski definition) is 4. The molecule has 0 saturated heterocycles. The van der Waals surface area contributed by atoms with Crippen molar-refractivity contribution in [2.45, 2.75) is 33.1 Å². The van der Waals surface area contributed by atoms with Crippen molar-refractivity contribution in [3.63, 3.8) is 0 Å². The van der Waals surface area contributed by atoms with Crippen molar-refractivity contribution < 1.29 is 14.7 Å². The molecule has 3 N–H and O–H groups in total. The summed E-state index contributed by atoms with van der Waals surface area (Å²) in [6.45, 7) is 4.30. The molecule has 1 aromatic heterocycles. The minimum Gasteiger partial charge on any atom is -0.481 e. The average molecular weight is 271 g/mol. The molecule has 0 radical (unpaired) electrons. The number of unbranched alkanes of at least 4 members (excludes halogenated alkanes) is 1. The van der Waals surface area contributed by atoms with Crippen LogP contribution in [0, 0.1) is 13.8 Å². The summed E-state index contributed by atoms with van der Waals surface area (Å²) in [4.78, 5) is 27.0. The molecule has 1 aromatic rings. The number of amides is 2. The van der Waals surface area contributed by atoms with Crippen molar-refractivity contribution in [1.29, 1.82) is 0 Å². The van der Waals surface area contributed by atoms with E-state index in [9.17, 15) is 9.59 Å². The largest absolute Gasteiger partial charge is 0.481 e. The molecule has 0 bridgehead atoms. The topological polar surface area (TPSA) is 91.3 Å². The highest BCUT2D eigenvalue weighted by Gasteiger charge is 2.07. The van der Waals surface area contributed by atoms with Crippen molar-refractivity contribution in [2.75, 3.05) is 11.9 Å². The Morgan fingerprint density at radius 2 is 2.06 bits per heavy atom. The van der Waals surface area contributed by atoms with Gasteiger partial charge < -0.3 is 10.4 Å². The number of carbonyl (C=O) groups excluding carboxylic acids is 1. The smallest absolute Gasteiger partial charge is 0.321 e. The van der Waals surface area contributed by atoms with Crippen LogP contribution in [0.25, 0.3) is 0 Å². The van der Waals surface area contributed by atoms with E-state index >= 15 is 0 Å². The molecular weight excluding hydrogens is 254 g/mol. The summed E-state index contributed by atoms with van der Waals surface area (Å²) in [5, 5.41) is 14.3. The fourth-order valence-corrected chi connectivity index (χ4v) is 2.08. The standard InChI is InChI=1S/C11H17N3O3S/c1-7-8(2)18-11(13-7)14-10(17)12-6-4-3-5-9(15)16/h3-6H2,1-2H3,(H,15,16)(H2,12,13,14,17). The molecular formula is C11H17N3O3S. The molecule has 0 aliphatic carbocycles. The number of carbonyl (C=O) groups is 2. The molecule has 1 heterocycles. The Kier molecular flexibility index (Phi) is 5.57. The third-order valence-corrected chi connectivity index (χ3v) is 3.34. The summed E-state index contributed by atoms with van der Waals surface area (Å²) < 4.78 is 0. The van der Waals surface area contributed by atoms with Gasteiger partial charge in [-0.3, -0.25) is 10.1 Å². The number of aryl methyl sites for hydroxylation is 2. The highest BCUT2D eigenvalue weighted by molar-refractivity contribution is 7.15. The average Bonchev–Trinajstić information content (AvgIpc) is 2.56. The molecule has 6 nitrogen and oxygen atoms in total. The highest BCUT2D eigenvalue weighted by Crippen LogP contribution is 2.20. The van der Waals surface area contributed by atoms with Crippen LogP contribution in [-0.2, 0) is 4.79 Å². The molecule has 0 aliphatic heterocycles. The normalized spacial score (nSPS) is 10.1. The summed E-state index contributed by atoms with van der Waals surface area (Å²) in [5.74, 6) is -0.812. The van der Waals surface area contributed by atoms with Crippen LogP contribution in [0.5, 0.6) is 0 Å². The Morgan fingerprint density at radius 3 is 2.61 bits per heavy atom. The van der Waals surface area contributed by atoms with Crippen LogP contribution in [-0.4, -0.2) is 28.6 Å². The van der Waals surface area contributed by atoms with Crippen LogP contribution in [0.1, 0.15) is 29.8 Å². The Morgan fingerprint density at radius 1 is 1.33 bits per heavy atom. The number of aliphatic carboxylic acids is 1. The van der Waals surface area contributed by atoms with Gasteiger partial charge in [0, 0.05) is 17.8 Å². The van der Waals surface area contributed by atoms with Crippen molar-refractivity contribution in [3.05, 3.63) is 10.6 Å². The van der Waals surface area contributed by atoms with E-state index in [4.69, 9.17) is 5.11 Å². The Balaban J connectivity index is 2.19. The van der Waals surface area contributed by atoms with E-state index in [1.54, 1.807) is 0 Å². The van der Waals surface area contributed by atoms with Crippen LogP contribution in [0.2, 0.25) is 0 Å². The molecule has 7 heteroatoms. The van der Waals surface area contributed by atoms with Crippen molar-refractivity contribution >= 4 is 28.5 Å². The lowest BCUT2D eigenvalue weighted by molar-refractivity contribution is -0.137. The first-order valence-corrected chi connectivity index (χ1v) is 6.51. The quantitative estimate of drug-likeness (QED) is 0.691. The summed E-state index contributed by atoms with van der Waals surface area (Å²) >= 11 is 1.43. The second kappa shape index (κ2) is 6.95. The third kappa shape index (κ3) is 5.13. The van der Waals surface area contributed by atoms with E-state index in [1.807, 2.05) is 13.8 Å². The minimum atomic E-state index is -0.812. The summed E-state index contributed by atoms with van der Waals surface area (Å²) in [5.41, 5.74) is 0.914. The molecule has 100 valence electrons. The number of hydrogen-bond donors (Lipinski definition) is 3. The van der Waals surface area contributed by atoms with Crippen LogP contribution in [0.15, 0.2) is 0 Å². The van der Waals surface area contributed by atoms with Gasteiger partial charge in [-0.15, -0.1) is 11.3 Å². The van der Waals surface area contributed by atoms with Crippen LogP contribution >= 0.6 is 11.3 Å². The fourth-order valence-electron chi connectivity index (χ4n) is 1.27. The van der Waals surface area contributed by atoms with Gasteiger partial charge >= 0.3 is 12.0 Å². The number of thiazole rings is 1. The fraction of sp³-hybridized carbons (Fsp3) is 0.545. The zero-order chi connectivity index (χ0) is 13.5. The summed E-state index contributed by atoms with van der Waals surface area (Å²) in [6.07, 6.45) is 1.34. The predicted molar refractivity (Wildman–Crippen MR) is 70.1 cm³/mol. The summed E-state index contributed by atoms with van der Waals surface area (Å²) in [6, 6.07) is -0.306. The first-order chi connectivity index (χ1) is 8.49. The molecule has 0 atom stereocenters. The molecule has 18 heavy (non-hydrogen) atoms. The van der Waals surface area contributed by atoms with Crippen molar-refractivity contribution in [3.8, 4) is 0 Å². The summed E-state index contributed by atoms with van der Waals surface area (Å²) in [7, 11) is 0. The molecule has 0 aliphatic rings. The van der Waals surface area contributed by atoms with E-state index in [0.717, 1.165) is 10.6 Å². The molecule has 2 amide bonds. The first kappa shape index (κ1) is 14.4. The van der Waals surface area contributed by atoms with Crippen LogP contribution in [0.3, 0.4) is 0 Å². The number of aromatic nitrogens is 1. The van der Waals surface area contributed by atoms with Gasteiger partial charge in [0.05, 0.1) is 5.69 Å². The number of rotatable bonds is 6. The first-order valence-electron chi connectivity index (χ1n) is 5.69. The van der Waals surface area contributed by atoms with Gasteiger partial charge in [0.25, 0.3) is 0 Å². The minimum absolute atomic E-state index is 0.133. The molecule has 0 spiro atoms. The van der Waals surface area contributed by atoms with Crippen LogP contribution in [0.4, 0.5) is 9.93 Å². The van der Waals surface area contributed by atoms with Crippen molar-refractivity contribution in [1.82, 2.24) is 10.3 Å². The highest BCUT2D eigenvalue weighted by atomic mass is 32.1. The third-order valence-electron chi connectivity index (χ3n) is 2.35. The van der Waals surface area contributed by atoms with E-state index in [-0.39, 0.29) is 12.5 Å². The lowest BCUT2D eigenvalue weighted by Gasteiger charge is -2.04. The number of carboxylic acids is 1. The van der Waals surface area contributed by atoms with E-state index in [1.165, 1.54) is 11.3 Å². The van der Waals surface area contributed by atoms with E-state index in [2.05, 4.69) is 15.6 Å². The number of carboxylic acid groups (broad SMARTS) is 1.